The van der Waals surface area contributed by atoms with Crippen molar-refractivity contribution in [2.45, 2.75) is 88.2 Å². The third-order valence-corrected chi connectivity index (χ3v) is 12.4. The summed E-state index contributed by atoms with van der Waals surface area (Å²) in [6.07, 6.45) is 5.99. The van der Waals surface area contributed by atoms with Crippen LogP contribution in [0.2, 0.25) is 0 Å². The van der Waals surface area contributed by atoms with Gasteiger partial charge in [-0.15, -0.1) is 6.58 Å². The first-order valence-corrected chi connectivity index (χ1v) is 20.3. The second kappa shape index (κ2) is 14.8. The monoisotopic (exact) mass is 773 g/mol. The zero-order valence-corrected chi connectivity index (χ0v) is 32.0. The smallest absolute Gasteiger partial charge is 0.426 e. The summed E-state index contributed by atoms with van der Waals surface area (Å²) in [4.78, 5) is 61.6. The number of hydrazine groups is 1. The Morgan fingerprint density at radius 1 is 1.04 bits per heavy atom. The molecule has 0 spiro atoms. The molecule has 0 aromatic heterocycles. The molecule has 4 aliphatic carbocycles. The quantitative estimate of drug-likeness (QED) is 0.292. The van der Waals surface area contributed by atoms with Crippen molar-refractivity contribution in [3.05, 3.63) is 78.4 Å². The molecule has 7 rings (SSSR count). The number of fused-ring (bicyclic) bond motifs is 6. The first kappa shape index (κ1) is 38.1. The van der Waals surface area contributed by atoms with Crippen LogP contribution in [0.3, 0.4) is 0 Å². The first-order chi connectivity index (χ1) is 26.2. The van der Waals surface area contributed by atoms with E-state index >= 15 is 0 Å². The second-order valence-corrected chi connectivity index (χ2v) is 17.8. The van der Waals surface area contributed by atoms with Gasteiger partial charge in [0, 0.05) is 23.6 Å². The van der Waals surface area contributed by atoms with Crippen molar-refractivity contribution in [2.75, 3.05) is 13.2 Å². The van der Waals surface area contributed by atoms with Gasteiger partial charge in [0.05, 0.1) is 17.1 Å². The Hall–Kier alpha value is -5.18. The molecule has 5 aliphatic rings. The highest BCUT2D eigenvalue weighted by molar-refractivity contribution is 7.91. The van der Waals surface area contributed by atoms with E-state index in [1.807, 2.05) is 54.6 Å². The van der Waals surface area contributed by atoms with Gasteiger partial charge in [-0.25, -0.2) is 18.6 Å². The molecule has 1 heterocycles. The molecule has 3 N–H and O–H groups in total. The van der Waals surface area contributed by atoms with Gasteiger partial charge in [0.1, 0.15) is 35.3 Å². The minimum Gasteiger partial charge on any atom is -0.490 e. The summed E-state index contributed by atoms with van der Waals surface area (Å²) in [5.74, 6) is -3.89. The SMILES string of the molecule is C=C[C@H]1C[C@]1(NC(=O)[C@@H]1C[C@@H]2C[C@H]1C(=O)N(NC(=O)OC(C)(C)C)CCC/C=C/COc1ccc3c(c1)/C(=N/O2)c1ccccc1-3)C(=O)NS(=O)(=O)C1CC1. The van der Waals surface area contributed by atoms with Crippen molar-refractivity contribution < 1.29 is 41.9 Å². The van der Waals surface area contributed by atoms with Crippen molar-refractivity contribution in [3.8, 4) is 16.9 Å². The normalized spacial score (nSPS) is 27.7. The molecule has 14 nitrogen and oxygen atoms in total. The van der Waals surface area contributed by atoms with Gasteiger partial charge in [-0.2, -0.15) is 0 Å². The number of hydrogen-bond donors (Lipinski definition) is 3. The van der Waals surface area contributed by atoms with Gasteiger partial charge < -0.3 is 19.6 Å². The molecule has 5 atom stereocenters. The number of sulfonamides is 1. The molecule has 1 aliphatic heterocycles. The highest BCUT2D eigenvalue weighted by atomic mass is 32.2. The number of carbonyl (C=O) groups is 4. The number of nitrogens with zero attached hydrogens (tertiary/aromatic N) is 2. The summed E-state index contributed by atoms with van der Waals surface area (Å²) in [7, 11) is -3.90. The molecule has 15 heteroatoms. The summed E-state index contributed by atoms with van der Waals surface area (Å²) in [5.41, 5.74) is 4.40. The zero-order chi connectivity index (χ0) is 39.1. The van der Waals surface area contributed by atoms with Crippen LogP contribution in [-0.4, -0.2) is 78.6 Å². The number of ether oxygens (including phenoxy) is 2. The van der Waals surface area contributed by atoms with Crippen LogP contribution in [0.4, 0.5) is 4.79 Å². The van der Waals surface area contributed by atoms with E-state index in [9.17, 15) is 27.6 Å². The maximum absolute atomic E-state index is 14.5. The number of nitrogens with one attached hydrogen (secondary N) is 3. The molecule has 0 radical (unpaired) electrons. The van der Waals surface area contributed by atoms with Crippen LogP contribution in [-0.2, 0) is 34.0 Å². The van der Waals surface area contributed by atoms with E-state index in [1.165, 1.54) is 11.1 Å². The predicted molar refractivity (Wildman–Crippen MR) is 203 cm³/mol. The molecule has 0 unspecified atom stereocenters. The number of oxime groups is 1. The average Bonchev–Trinajstić information content (AvgIpc) is 4.04. The summed E-state index contributed by atoms with van der Waals surface area (Å²) in [6.45, 7) is 9.32. The van der Waals surface area contributed by atoms with Gasteiger partial charge in [-0.05, 0) is 95.0 Å². The van der Waals surface area contributed by atoms with E-state index in [1.54, 1.807) is 20.8 Å². The highest BCUT2D eigenvalue weighted by Crippen LogP contribution is 2.47. The number of rotatable bonds is 7. The molecule has 0 saturated heterocycles. The highest BCUT2D eigenvalue weighted by Gasteiger charge is 2.62. The van der Waals surface area contributed by atoms with E-state index in [2.05, 4.69) is 27.2 Å². The van der Waals surface area contributed by atoms with E-state index < -0.39 is 74.1 Å². The number of amides is 4. The molecule has 2 aromatic carbocycles. The Morgan fingerprint density at radius 3 is 2.49 bits per heavy atom. The minimum atomic E-state index is -3.90. The van der Waals surface area contributed by atoms with Crippen LogP contribution >= 0.6 is 0 Å². The van der Waals surface area contributed by atoms with E-state index in [0.717, 1.165) is 22.3 Å². The van der Waals surface area contributed by atoms with Gasteiger partial charge >= 0.3 is 6.09 Å². The Labute approximate surface area is 320 Å². The van der Waals surface area contributed by atoms with E-state index in [4.69, 9.17) is 14.3 Å². The standard InChI is InChI=1S/C40H47N5O9S/c1-5-24-23-40(24,37(48)44-55(50,51)27-15-16-27)41-35(46)32-21-26-22-33(32)36(47)45(42-38(49)53-39(2,3)4)18-10-6-7-11-19-52-25-14-17-29-28-12-8-9-13-30(28)34(43-54-26)31(29)20-25/h5,7-9,11-14,17,20,24,26-27,32-33H,1,6,10,15-16,18-19,21-23H2,2-4H3,(H,41,46)(H,42,49)(H,44,48)/b11-7+,43-34+/t24-,26+,32+,33+,40+/m0/s1. The van der Waals surface area contributed by atoms with E-state index in [-0.39, 0.29) is 25.8 Å². The lowest BCUT2D eigenvalue weighted by molar-refractivity contribution is -0.144. The summed E-state index contributed by atoms with van der Waals surface area (Å²) in [6, 6.07) is 13.6. The molecule has 2 aromatic rings. The van der Waals surface area contributed by atoms with Gasteiger partial charge in [0.15, 0.2) is 0 Å². The van der Waals surface area contributed by atoms with Crippen LogP contribution < -0.4 is 20.2 Å². The number of allylic oxidation sites excluding steroid dienone is 1. The Kier molecular flexibility index (Phi) is 10.3. The third kappa shape index (κ3) is 8.12. The van der Waals surface area contributed by atoms with Crippen LogP contribution in [0, 0.1) is 17.8 Å². The van der Waals surface area contributed by atoms with Crippen molar-refractivity contribution in [3.63, 3.8) is 0 Å². The van der Waals surface area contributed by atoms with Gasteiger partial charge in [-0.1, -0.05) is 47.6 Å². The van der Waals surface area contributed by atoms with Crippen molar-refractivity contribution >= 4 is 39.5 Å². The number of hydrogen-bond acceptors (Lipinski definition) is 10. The largest absolute Gasteiger partial charge is 0.490 e. The van der Waals surface area contributed by atoms with Crippen molar-refractivity contribution in [1.29, 1.82) is 0 Å². The van der Waals surface area contributed by atoms with Crippen molar-refractivity contribution in [1.82, 2.24) is 20.5 Å². The average molecular weight is 774 g/mol. The summed E-state index contributed by atoms with van der Waals surface area (Å²) >= 11 is 0. The number of carbonyl (C=O) groups excluding carboxylic acids is 4. The molecular formula is C40H47N5O9S. The van der Waals surface area contributed by atoms with Gasteiger partial charge in [0.25, 0.3) is 5.91 Å². The molecule has 55 heavy (non-hydrogen) atoms. The lowest BCUT2D eigenvalue weighted by Crippen LogP contribution is -2.55. The van der Waals surface area contributed by atoms with Crippen LogP contribution in [0.1, 0.15) is 76.8 Å². The fourth-order valence-corrected chi connectivity index (χ4v) is 8.90. The zero-order valence-electron chi connectivity index (χ0n) is 31.2. The van der Waals surface area contributed by atoms with Crippen LogP contribution in [0.15, 0.2) is 72.4 Å². The second-order valence-electron chi connectivity index (χ2n) is 15.8. The molecule has 3 fully saturated rings. The maximum Gasteiger partial charge on any atom is 0.426 e. The van der Waals surface area contributed by atoms with Crippen LogP contribution in [0.5, 0.6) is 5.75 Å². The van der Waals surface area contributed by atoms with Crippen molar-refractivity contribution in [2.24, 2.45) is 22.9 Å². The first-order valence-electron chi connectivity index (χ1n) is 18.8. The molecule has 3 saturated carbocycles. The summed E-state index contributed by atoms with van der Waals surface area (Å²) < 4.78 is 39.1. The van der Waals surface area contributed by atoms with Crippen LogP contribution in [0.25, 0.3) is 11.1 Å². The predicted octanol–water partition coefficient (Wildman–Crippen LogP) is 4.50. The van der Waals surface area contributed by atoms with E-state index in [0.29, 0.717) is 43.8 Å². The number of benzene rings is 2. The molecular weight excluding hydrogens is 727 g/mol. The van der Waals surface area contributed by atoms with Gasteiger partial charge in [-0.3, -0.25) is 24.1 Å². The molecule has 292 valence electrons. The maximum atomic E-state index is 14.5. The fraction of sp³-hybridized carbons (Fsp3) is 0.475. The summed E-state index contributed by atoms with van der Waals surface area (Å²) in [5, 5.41) is 8.00. The Bertz CT molecular complexity index is 2070. The molecule has 4 bridgehead atoms. The van der Waals surface area contributed by atoms with Gasteiger partial charge in [0.2, 0.25) is 21.8 Å². The fourth-order valence-electron chi connectivity index (χ4n) is 7.54. The Balaban J connectivity index is 1.21. The topological polar surface area (TPSA) is 182 Å². The Morgan fingerprint density at radius 2 is 1.78 bits per heavy atom. The molecule has 4 amide bonds. The lowest BCUT2D eigenvalue weighted by atomic mass is 9.93. The third-order valence-electron chi connectivity index (χ3n) is 10.6. The minimum absolute atomic E-state index is 0.0521. The lowest BCUT2D eigenvalue weighted by Gasteiger charge is -2.30.